The molecule has 0 aromatic carbocycles. The van der Waals surface area contributed by atoms with Crippen LogP contribution >= 0.6 is 0 Å². The highest BCUT2D eigenvalue weighted by atomic mass is 16.3. The van der Waals surface area contributed by atoms with Crippen LogP contribution in [0.15, 0.2) is 31.0 Å². The molecule has 0 bridgehead atoms. The molecule has 7 nitrogen and oxygen atoms in total. The van der Waals surface area contributed by atoms with Crippen LogP contribution in [0.5, 0.6) is 0 Å². The highest BCUT2D eigenvalue weighted by Gasteiger charge is 2.34. The fourth-order valence-corrected chi connectivity index (χ4v) is 2.51. The standard InChI is InChI=1S/C12H16N6O/c19-12(10-18-7-5-15-16-18)2-1-6-17(9-12)11-8-13-3-4-14-11/h3-5,7-8,19H,1-2,6,9-10H2. The molecule has 1 N–H and O–H groups in total. The summed E-state index contributed by atoms with van der Waals surface area (Å²) in [6.07, 6.45) is 10.1. The van der Waals surface area contributed by atoms with Gasteiger partial charge in [0.15, 0.2) is 0 Å². The molecule has 1 unspecified atom stereocenters. The van der Waals surface area contributed by atoms with Crippen molar-refractivity contribution in [2.45, 2.75) is 25.0 Å². The van der Waals surface area contributed by atoms with Gasteiger partial charge in [-0.2, -0.15) is 0 Å². The molecule has 0 radical (unpaired) electrons. The molecular formula is C12H16N6O. The number of aliphatic hydroxyl groups is 1. The van der Waals surface area contributed by atoms with Gasteiger partial charge in [-0.3, -0.25) is 4.98 Å². The van der Waals surface area contributed by atoms with Crippen molar-refractivity contribution in [1.29, 1.82) is 0 Å². The molecule has 0 amide bonds. The maximum atomic E-state index is 10.7. The monoisotopic (exact) mass is 260 g/mol. The van der Waals surface area contributed by atoms with Crippen molar-refractivity contribution in [2.75, 3.05) is 18.0 Å². The van der Waals surface area contributed by atoms with E-state index in [9.17, 15) is 5.11 Å². The lowest BCUT2D eigenvalue weighted by molar-refractivity contribution is 0.00584. The average Bonchev–Trinajstić information content (AvgIpc) is 2.92. The van der Waals surface area contributed by atoms with Crippen LogP contribution in [-0.4, -0.2) is 48.8 Å². The fraction of sp³-hybridized carbons (Fsp3) is 0.500. The number of piperidine rings is 1. The Kier molecular flexibility index (Phi) is 3.12. The summed E-state index contributed by atoms with van der Waals surface area (Å²) in [5, 5.41) is 18.4. The van der Waals surface area contributed by atoms with Crippen LogP contribution in [0.3, 0.4) is 0 Å². The molecule has 3 rings (SSSR count). The Bertz CT molecular complexity index is 516. The molecule has 3 heterocycles. The molecule has 1 aliphatic rings. The second-order valence-corrected chi connectivity index (χ2v) is 4.91. The van der Waals surface area contributed by atoms with Crippen LogP contribution in [0.1, 0.15) is 12.8 Å². The van der Waals surface area contributed by atoms with Gasteiger partial charge in [-0.05, 0) is 12.8 Å². The largest absolute Gasteiger partial charge is 0.386 e. The van der Waals surface area contributed by atoms with Crippen LogP contribution in [0, 0.1) is 0 Å². The molecule has 19 heavy (non-hydrogen) atoms. The highest BCUT2D eigenvalue weighted by molar-refractivity contribution is 5.36. The fourth-order valence-electron chi connectivity index (χ4n) is 2.51. The first kappa shape index (κ1) is 12.0. The van der Waals surface area contributed by atoms with Crippen molar-refractivity contribution < 1.29 is 5.11 Å². The van der Waals surface area contributed by atoms with Gasteiger partial charge in [-0.25, -0.2) is 9.67 Å². The predicted molar refractivity (Wildman–Crippen MR) is 68.5 cm³/mol. The molecule has 1 aliphatic heterocycles. The summed E-state index contributed by atoms with van der Waals surface area (Å²) in [5.41, 5.74) is -0.802. The quantitative estimate of drug-likeness (QED) is 0.843. The van der Waals surface area contributed by atoms with Gasteiger partial charge >= 0.3 is 0 Å². The van der Waals surface area contributed by atoms with Crippen LogP contribution in [0.4, 0.5) is 5.82 Å². The Morgan fingerprint density at radius 2 is 2.26 bits per heavy atom. The number of rotatable bonds is 3. The first-order valence-electron chi connectivity index (χ1n) is 6.33. The number of hydrogen-bond donors (Lipinski definition) is 1. The van der Waals surface area contributed by atoms with Crippen LogP contribution in [0.25, 0.3) is 0 Å². The van der Waals surface area contributed by atoms with E-state index in [0.717, 1.165) is 25.2 Å². The number of aromatic nitrogens is 5. The van der Waals surface area contributed by atoms with E-state index in [4.69, 9.17) is 0 Å². The van der Waals surface area contributed by atoms with Crippen LogP contribution in [-0.2, 0) is 6.54 Å². The lowest BCUT2D eigenvalue weighted by atomic mass is 9.93. The molecule has 0 saturated carbocycles. The Morgan fingerprint density at radius 1 is 1.32 bits per heavy atom. The zero-order valence-electron chi connectivity index (χ0n) is 10.6. The van der Waals surface area contributed by atoms with E-state index >= 15 is 0 Å². The Morgan fingerprint density at radius 3 is 3.00 bits per heavy atom. The number of β-amino-alcohol motifs (C(OH)–C–C–N with tert-alkyl or cyclic N) is 1. The van der Waals surface area contributed by atoms with Gasteiger partial charge in [0.25, 0.3) is 0 Å². The van der Waals surface area contributed by atoms with E-state index in [1.54, 1.807) is 35.7 Å². The predicted octanol–water partition coefficient (Wildman–Crippen LogP) is 0.0996. The van der Waals surface area contributed by atoms with Gasteiger partial charge in [0, 0.05) is 31.7 Å². The minimum absolute atomic E-state index is 0.448. The topological polar surface area (TPSA) is 80.0 Å². The van der Waals surface area contributed by atoms with Gasteiger partial charge < -0.3 is 10.0 Å². The molecule has 1 fully saturated rings. The Balaban J connectivity index is 1.74. The molecule has 100 valence electrons. The number of nitrogens with zero attached hydrogens (tertiary/aromatic N) is 6. The van der Waals surface area contributed by atoms with Crippen molar-refractivity contribution >= 4 is 5.82 Å². The molecule has 0 spiro atoms. The van der Waals surface area contributed by atoms with Crippen molar-refractivity contribution in [3.05, 3.63) is 31.0 Å². The second kappa shape index (κ2) is 4.93. The van der Waals surface area contributed by atoms with Gasteiger partial charge in [-0.15, -0.1) is 5.10 Å². The summed E-state index contributed by atoms with van der Waals surface area (Å²) in [7, 11) is 0. The molecule has 1 atom stereocenters. The molecule has 2 aromatic rings. The maximum Gasteiger partial charge on any atom is 0.147 e. The second-order valence-electron chi connectivity index (χ2n) is 4.91. The highest BCUT2D eigenvalue weighted by Crippen LogP contribution is 2.25. The Labute approximate surface area is 110 Å². The van der Waals surface area contributed by atoms with Gasteiger partial charge in [0.05, 0.1) is 18.9 Å². The van der Waals surface area contributed by atoms with E-state index in [1.165, 1.54) is 0 Å². The summed E-state index contributed by atoms with van der Waals surface area (Å²) < 4.78 is 1.67. The smallest absolute Gasteiger partial charge is 0.147 e. The lowest BCUT2D eigenvalue weighted by Gasteiger charge is -2.39. The van der Waals surface area contributed by atoms with E-state index < -0.39 is 5.60 Å². The summed E-state index contributed by atoms with van der Waals surface area (Å²) in [6, 6.07) is 0. The third kappa shape index (κ3) is 2.70. The molecule has 2 aromatic heterocycles. The van der Waals surface area contributed by atoms with E-state index in [-0.39, 0.29) is 0 Å². The summed E-state index contributed by atoms with van der Waals surface area (Å²) >= 11 is 0. The van der Waals surface area contributed by atoms with Crippen LogP contribution < -0.4 is 4.90 Å². The molecule has 0 aliphatic carbocycles. The van der Waals surface area contributed by atoms with Crippen molar-refractivity contribution in [3.8, 4) is 0 Å². The average molecular weight is 260 g/mol. The minimum atomic E-state index is -0.802. The third-order valence-corrected chi connectivity index (χ3v) is 3.36. The zero-order valence-corrected chi connectivity index (χ0v) is 10.6. The number of hydrogen-bond acceptors (Lipinski definition) is 6. The Hall–Kier alpha value is -2.02. The molecule has 7 heteroatoms. The lowest BCUT2D eigenvalue weighted by Crippen LogP contribution is -2.51. The summed E-state index contributed by atoms with van der Waals surface area (Å²) in [5.74, 6) is 0.805. The molecular weight excluding hydrogens is 244 g/mol. The maximum absolute atomic E-state index is 10.7. The van der Waals surface area contributed by atoms with Crippen molar-refractivity contribution in [3.63, 3.8) is 0 Å². The van der Waals surface area contributed by atoms with Crippen LogP contribution in [0.2, 0.25) is 0 Å². The van der Waals surface area contributed by atoms with E-state index in [1.807, 2.05) is 0 Å². The van der Waals surface area contributed by atoms with Crippen molar-refractivity contribution in [1.82, 2.24) is 25.0 Å². The van der Waals surface area contributed by atoms with Gasteiger partial charge in [0.1, 0.15) is 11.4 Å². The number of anilines is 1. The first-order valence-corrected chi connectivity index (χ1v) is 6.33. The molecule has 1 saturated heterocycles. The first-order chi connectivity index (χ1) is 9.25. The third-order valence-electron chi connectivity index (χ3n) is 3.36. The van der Waals surface area contributed by atoms with Gasteiger partial charge in [-0.1, -0.05) is 5.21 Å². The zero-order chi connectivity index (χ0) is 13.1. The van der Waals surface area contributed by atoms with Gasteiger partial charge in [0.2, 0.25) is 0 Å². The van der Waals surface area contributed by atoms with E-state index in [2.05, 4.69) is 25.2 Å². The summed E-state index contributed by atoms with van der Waals surface area (Å²) in [4.78, 5) is 10.4. The minimum Gasteiger partial charge on any atom is -0.386 e. The SMILES string of the molecule is OC1(Cn2ccnn2)CCCN(c2cnccn2)C1. The summed E-state index contributed by atoms with van der Waals surface area (Å²) in [6.45, 7) is 1.87. The van der Waals surface area contributed by atoms with E-state index in [0.29, 0.717) is 13.1 Å². The normalized spacial score (nSPS) is 23.5. The van der Waals surface area contributed by atoms with Crippen molar-refractivity contribution in [2.24, 2.45) is 0 Å².